The van der Waals surface area contributed by atoms with E-state index >= 15 is 0 Å². The molecular weight excluding hydrogens is 248 g/mol. The van der Waals surface area contributed by atoms with Gasteiger partial charge in [0.15, 0.2) is 18.3 Å². The molecule has 0 aromatic heterocycles. The van der Waals surface area contributed by atoms with Gasteiger partial charge in [0.25, 0.3) is 0 Å². The molecule has 1 N–H and O–H groups in total. The Labute approximate surface area is 110 Å². The van der Waals surface area contributed by atoms with Gasteiger partial charge in [-0.15, -0.1) is 0 Å². The van der Waals surface area contributed by atoms with Crippen LogP contribution in [0.3, 0.4) is 0 Å². The van der Waals surface area contributed by atoms with Crippen LogP contribution in [-0.2, 0) is 4.74 Å². The summed E-state index contributed by atoms with van der Waals surface area (Å²) in [6.45, 7) is 7.73. The van der Waals surface area contributed by atoms with Crippen LogP contribution in [0, 0.1) is 0 Å². The summed E-state index contributed by atoms with van der Waals surface area (Å²) in [5.41, 5.74) is 0. The van der Waals surface area contributed by atoms with E-state index in [9.17, 15) is 5.11 Å². The summed E-state index contributed by atoms with van der Waals surface area (Å²) >= 11 is 0. The van der Waals surface area contributed by atoms with E-state index in [1.807, 2.05) is 0 Å². The molecule has 5 heteroatoms. The Morgan fingerprint density at radius 1 is 1.17 bits per heavy atom. The first-order valence-electron chi connectivity index (χ1n) is 6.00. The van der Waals surface area contributed by atoms with Gasteiger partial charge >= 0.3 is 0 Å². The number of ether oxygens (including phenoxy) is 3. The number of hydrogen-bond acceptors (Lipinski definition) is 4. The van der Waals surface area contributed by atoms with Gasteiger partial charge in [0.05, 0.1) is 7.11 Å². The van der Waals surface area contributed by atoms with Crippen molar-refractivity contribution in [2.24, 2.45) is 0 Å². The Morgan fingerprint density at radius 3 is 2.44 bits per heavy atom. The van der Waals surface area contributed by atoms with Gasteiger partial charge in [0.2, 0.25) is 5.75 Å². The zero-order chi connectivity index (χ0) is 13.6. The molecule has 0 aliphatic carbocycles. The monoisotopic (exact) mass is 270 g/mol. The summed E-state index contributed by atoms with van der Waals surface area (Å²) in [6.07, 6.45) is 0. The third kappa shape index (κ3) is 4.97. The number of methoxy groups -OCH3 is 1. The number of benzene rings is 1. The van der Waals surface area contributed by atoms with Crippen LogP contribution in [0.4, 0.5) is 0 Å². The predicted molar refractivity (Wildman–Crippen MR) is 74.3 cm³/mol. The van der Waals surface area contributed by atoms with Gasteiger partial charge in [-0.2, -0.15) is 0 Å². The van der Waals surface area contributed by atoms with Crippen LogP contribution in [0.5, 0.6) is 17.2 Å². The minimum Gasteiger partial charge on any atom is -0.502 e. The highest BCUT2D eigenvalue weighted by Gasteiger charge is 2.12. The molecule has 0 saturated heterocycles. The van der Waals surface area contributed by atoms with Crippen molar-refractivity contribution < 1.29 is 19.3 Å². The minimum atomic E-state index is -1.06. The number of aromatic hydroxyl groups is 1. The lowest BCUT2D eigenvalue weighted by atomic mass is 10.3. The van der Waals surface area contributed by atoms with Crippen LogP contribution < -0.4 is 9.47 Å². The largest absolute Gasteiger partial charge is 0.502 e. The van der Waals surface area contributed by atoms with Gasteiger partial charge in [-0.1, -0.05) is 25.7 Å². The molecule has 18 heavy (non-hydrogen) atoms. The van der Waals surface area contributed by atoms with Crippen LogP contribution >= 0.6 is 0 Å². The molecule has 0 fully saturated rings. The number of rotatable bonds is 7. The van der Waals surface area contributed by atoms with E-state index in [4.69, 9.17) is 14.2 Å². The molecule has 0 amide bonds. The van der Waals surface area contributed by atoms with Crippen LogP contribution in [0.2, 0.25) is 25.7 Å². The number of phenolic OH excluding ortho intramolecular Hbond substituents is 1. The molecule has 0 spiro atoms. The molecule has 4 nitrogen and oxygen atoms in total. The summed E-state index contributed by atoms with van der Waals surface area (Å²) in [7, 11) is 0.441. The van der Waals surface area contributed by atoms with E-state index < -0.39 is 8.07 Å². The molecule has 1 aromatic carbocycles. The van der Waals surface area contributed by atoms with E-state index in [0.717, 1.165) is 6.04 Å². The fourth-order valence-electron chi connectivity index (χ4n) is 1.33. The molecule has 0 saturated carbocycles. The Kier molecular flexibility index (Phi) is 5.49. The summed E-state index contributed by atoms with van der Waals surface area (Å²) in [5, 5.41) is 9.78. The number of para-hydroxylation sites is 1. The zero-order valence-corrected chi connectivity index (χ0v) is 12.5. The Balaban J connectivity index is 2.36. The van der Waals surface area contributed by atoms with Crippen molar-refractivity contribution in [3.63, 3.8) is 0 Å². The van der Waals surface area contributed by atoms with Gasteiger partial charge in [0.1, 0.15) is 0 Å². The SMILES string of the molecule is COc1cccc(OCOCC[Si](C)(C)C)c1O. The van der Waals surface area contributed by atoms with Crippen molar-refractivity contribution >= 4 is 8.07 Å². The molecule has 102 valence electrons. The average molecular weight is 270 g/mol. The maximum atomic E-state index is 9.78. The van der Waals surface area contributed by atoms with Crippen molar-refractivity contribution in [3.05, 3.63) is 18.2 Å². The standard InChI is InChI=1S/C13H22O4Si/c1-15-11-6-5-7-12(13(11)14)17-10-16-8-9-18(2,3)4/h5-7,14H,8-10H2,1-4H3. The Morgan fingerprint density at radius 2 is 1.83 bits per heavy atom. The third-order valence-electron chi connectivity index (χ3n) is 2.48. The summed E-state index contributed by atoms with van der Waals surface area (Å²) in [5.74, 6) is 0.783. The van der Waals surface area contributed by atoms with Crippen LogP contribution in [0.15, 0.2) is 18.2 Å². The molecular formula is C13H22O4Si. The molecule has 0 radical (unpaired) electrons. The van der Waals surface area contributed by atoms with Crippen molar-refractivity contribution in [2.45, 2.75) is 25.7 Å². The van der Waals surface area contributed by atoms with Crippen LogP contribution in [-0.4, -0.2) is 33.7 Å². The molecule has 1 rings (SSSR count). The molecule has 0 unspecified atom stereocenters. The highest BCUT2D eigenvalue weighted by Crippen LogP contribution is 2.35. The van der Waals surface area contributed by atoms with E-state index in [2.05, 4.69) is 19.6 Å². The summed E-state index contributed by atoms with van der Waals surface area (Å²) in [6, 6.07) is 6.21. The van der Waals surface area contributed by atoms with E-state index in [0.29, 0.717) is 18.1 Å². The topological polar surface area (TPSA) is 47.9 Å². The lowest BCUT2D eigenvalue weighted by molar-refractivity contribution is 0.0204. The van der Waals surface area contributed by atoms with Crippen molar-refractivity contribution in [1.82, 2.24) is 0 Å². The normalized spacial score (nSPS) is 11.3. The second-order valence-electron chi connectivity index (χ2n) is 5.29. The second kappa shape index (κ2) is 6.66. The van der Waals surface area contributed by atoms with E-state index in [1.165, 1.54) is 7.11 Å². The first kappa shape index (κ1) is 14.9. The summed E-state index contributed by atoms with van der Waals surface area (Å²) in [4.78, 5) is 0. The Hall–Kier alpha value is -1.20. The van der Waals surface area contributed by atoms with Gasteiger partial charge < -0.3 is 19.3 Å². The van der Waals surface area contributed by atoms with Crippen LogP contribution in [0.1, 0.15) is 0 Å². The smallest absolute Gasteiger partial charge is 0.200 e. The lowest BCUT2D eigenvalue weighted by Gasteiger charge is -2.16. The number of hydrogen-bond donors (Lipinski definition) is 1. The van der Waals surface area contributed by atoms with E-state index in [-0.39, 0.29) is 12.5 Å². The maximum Gasteiger partial charge on any atom is 0.200 e. The molecule has 0 atom stereocenters. The van der Waals surface area contributed by atoms with Gasteiger partial charge in [-0.3, -0.25) is 0 Å². The molecule has 0 aliphatic heterocycles. The molecule has 1 aromatic rings. The van der Waals surface area contributed by atoms with Crippen molar-refractivity contribution in [2.75, 3.05) is 20.5 Å². The number of phenols is 1. The molecule has 0 bridgehead atoms. The van der Waals surface area contributed by atoms with Gasteiger partial charge in [0, 0.05) is 14.7 Å². The van der Waals surface area contributed by atoms with E-state index in [1.54, 1.807) is 18.2 Å². The fourth-order valence-corrected chi connectivity index (χ4v) is 2.08. The van der Waals surface area contributed by atoms with Crippen molar-refractivity contribution in [3.8, 4) is 17.2 Å². The van der Waals surface area contributed by atoms with Crippen molar-refractivity contribution in [1.29, 1.82) is 0 Å². The first-order valence-corrected chi connectivity index (χ1v) is 9.71. The second-order valence-corrected chi connectivity index (χ2v) is 10.9. The third-order valence-corrected chi connectivity index (χ3v) is 4.18. The summed E-state index contributed by atoms with van der Waals surface area (Å²) < 4.78 is 15.8. The van der Waals surface area contributed by atoms with Crippen LogP contribution in [0.25, 0.3) is 0 Å². The minimum absolute atomic E-state index is 0.00814. The first-order chi connectivity index (χ1) is 8.44. The Bertz CT molecular complexity index is 374. The zero-order valence-electron chi connectivity index (χ0n) is 11.5. The highest BCUT2D eigenvalue weighted by atomic mass is 28.3. The highest BCUT2D eigenvalue weighted by molar-refractivity contribution is 6.76. The fraction of sp³-hybridized carbons (Fsp3) is 0.538. The van der Waals surface area contributed by atoms with Gasteiger partial charge in [-0.05, 0) is 18.2 Å². The molecule has 0 heterocycles. The van der Waals surface area contributed by atoms with Gasteiger partial charge in [-0.25, -0.2) is 0 Å². The quantitative estimate of drug-likeness (QED) is 0.470. The molecule has 0 aliphatic rings. The lowest BCUT2D eigenvalue weighted by Crippen LogP contribution is -2.22. The maximum absolute atomic E-state index is 9.78. The average Bonchev–Trinajstić information content (AvgIpc) is 2.29. The predicted octanol–water partition coefficient (Wildman–Crippen LogP) is 3.09.